The van der Waals surface area contributed by atoms with Crippen LogP contribution in [-0.2, 0) is 0 Å². The van der Waals surface area contributed by atoms with E-state index in [4.69, 9.17) is 10.5 Å². The van der Waals surface area contributed by atoms with Crippen molar-refractivity contribution < 1.29 is 4.74 Å². The van der Waals surface area contributed by atoms with Crippen molar-refractivity contribution in [3.05, 3.63) is 54.9 Å². The number of rotatable bonds is 4. The van der Waals surface area contributed by atoms with Gasteiger partial charge in [-0.3, -0.25) is 4.98 Å². The van der Waals surface area contributed by atoms with Crippen LogP contribution in [0.3, 0.4) is 0 Å². The van der Waals surface area contributed by atoms with Crippen LogP contribution in [0.25, 0.3) is 10.8 Å². The first-order valence-electron chi connectivity index (χ1n) is 6.90. The molecule has 1 aromatic heterocycles. The minimum Gasteiger partial charge on any atom is -0.494 e. The smallest absolute Gasteiger partial charge is 0.119 e. The van der Waals surface area contributed by atoms with Crippen molar-refractivity contribution in [3.8, 4) is 5.75 Å². The zero-order valence-electron chi connectivity index (χ0n) is 11.8. The average Bonchev–Trinajstić information content (AvgIpc) is 2.52. The van der Waals surface area contributed by atoms with Crippen LogP contribution in [-0.4, -0.2) is 11.6 Å². The summed E-state index contributed by atoms with van der Waals surface area (Å²) in [7, 11) is 0. The van der Waals surface area contributed by atoms with Crippen molar-refractivity contribution in [2.75, 3.05) is 17.7 Å². The van der Waals surface area contributed by atoms with Crippen LogP contribution in [0.1, 0.15) is 6.92 Å². The molecule has 0 unspecified atom stereocenters. The summed E-state index contributed by atoms with van der Waals surface area (Å²) >= 11 is 0. The summed E-state index contributed by atoms with van der Waals surface area (Å²) in [5, 5.41) is 5.37. The van der Waals surface area contributed by atoms with Crippen LogP contribution < -0.4 is 15.8 Å². The number of nitrogens with zero attached hydrogens (tertiary/aromatic N) is 1. The monoisotopic (exact) mass is 279 g/mol. The molecule has 3 rings (SSSR count). The van der Waals surface area contributed by atoms with Crippen molar-refractivity contribution in [2.45, 2.75) is 6.92 Å². The molecular formula is C17H17N3O. The van der Waals surface area contributed by atoms with Crippen molar-refractivity contribution in [3.63, 3.8) is 0 Å². The second kappa shape index (κ2) is 5.71. The molecule has 1 heterocycles. The third-order valence-electron chi connectivity index (χ3n) is 3.31. The highest BCUT2D eigenvalue weighted by molar-refractivity contribution is 5.99. The Morgan fingerprint density at radius 1 is 1.10 bits per heavy atom. The van der Waals surface area contributed by atoms with E-state index >= 15 is 0 Å². The van der Waals surface area contributed by atoms with Crippen molar-refractivity contribution >= 4 is 27.8 Å². The van der Waals surface area contributed by atoms with Crippen LogP contribution in [0.15, 0.2) is 54.9 Å². The lowest BCUT2D eigenvalue weighted by Gasteiger charge is -2.12. The number of nitrogens with one attached hydrogen (secondary N) is 1. The number of pyridine rings is 1. The molecule has 2 aromatic carbocycles. The minimum absolute atomic E-state index is 0.665. The van der Waals surface area contributed by atoms with Gasteiger partial charge in [0.2, 0.25) is 0 Å². The molecule has 0 amide bonds. The van der Waals surface area contributed by atoms with Crippen LogP contribution in [0.2, 0.25) is 0 Å². The van der Waals surface area contributed by atoms with E-state index in [2.05, 4.69) is 10.3 Å². The molecule has 0 spiro atoms. The summed E-state index contributed by atoms with van der Waals surface area (Å²) in [6.07, 6.45) is 3.56. The standard InChI is InChI=1S/C17H17N3O/c1-2-21-14-6-4-13(5-7-14)20-16-8-3-12-11-19-10-9-15(12)17(16)18/h3-11,20H,2,18H2,1H3. The highest BCUT2D eigenvalue weighted by Crippen LogP contribution is 2.30. The van der Waals surface area contributed by atoms with Crippen molar-refractivity contribution in [2.24, 2.45) is 0 Å². The molecule has 0 radical (unpaired) electrons. The van der Waals surface area contributed by atoms with Crippen LogP contribution in [0, 0.1) is 0 Å². The Morgan fingerprint density at radius 3 is 2.67 bits per heavy atom. The maximum Gasteiger partial charge on any atom is 0.119 e. The molecule has 0 atom stereocenters. The van der Waals surface area contributed by atoms with Crippen LogP contribution >= 0.6 is 0 Å². The van der Waals surface area contributed by atoms with Gasteiger partial charge in [-0.15, -0.1) is 0 Å². The predicted octanol–water partition coefficient (Wildman–Crippen LogP) is 3.96. The molecule has 3 aromatic rings. The quantitative estimate of drug-likeness (QED) is 0.710. The second-order valence-electron chi connectivity index (χ2n) is 4.71. The van der Waals surface area contributed by atoms with Gasteiger partial charge in [0.15, 0.2) is 0 Å². The van der Waals surface area contributed by atoms with Crippen molar-refractivity contribution in [1.82, 2.24) is 4.98 Å². The lowest BCUT2D eigenvalue weighted by molar-refractivity contribution is 0.340. The summed E-state index contributed by atoms with van der Waals surface area (Å²) in [5.41, 5.74) is 8.81. The second-order valence-corrected chi connectivity index (χ2v) is 4.71. The lowest BCUT2D eigenvalue weighted by atomic mass is 10.1. The zero-order chi connectivity index (χ0) is 14.7. The molecule has 0 aliphatic carbocycles. The summed E-state index contributed by atoms with van der Waals surface area (Å²) in [6, 6.07) is 13.7. The first kappa shape index (κ1) is 13.2. The van der Waals surface area contributed by atoms with Crippen molar-refractivity contribution in [1.29, 1.82) is 0 Å². The Balaban J connectivity index is 1.89. The van der Waals surface area contributed by atoms with E-state index < -0.39 is 0 Å². The van der Waals surface area contributed by atoms with Gasteiger partial charge in [0.1, 0.15) is 5.75 Å². The number of nitrogen functional groups attached to an aromatic ring is 1. The summed E-state index contributed by atoms with van der Waals surface area (Å²) in [4.78, 5) is 4.10. The molecule has 0 aliphatic heterocycles. The fourth-order valence-electron chi connectivity index (χ4n) is 2.26. The normalized spacial score (nSPS) is 10.5. The Labute approximate surface area is 123 Å². The molecular weight excluding hydrogens is 262 g/mol. The van der Waals surface area contributed by atoms with E-state index in [1.54, 1.807) is 6.20 Å². The Kier molecular flexibility index (Phi) is 3.60. The molecule has 4 heteroatoms. The van der Waals surface area contributed by atoms with Gasteiger partial charge in [-0.1, -0.05) is 6.07 Å². The first-order valence-corrected chi connectivity index (χ1v) is 6.90. The number of anilines is 3. The van der Waals surface area contributed by atoms with E-state index in [0.29, 0.717) is 6.61 Å². The maximum atomic E-state index is 6.23. The molecule has 0 bridgehead atoms. The molecule has 0 saturated heterocycles. The molecule has 3 N–H and O–H groups in total. The van der Waals surface area contributed by atoms with Gasteiger partial charge in [0.05, 0.1) is 18.0 Å². The van der Waals surface area contributed by atoms with Crippen LogP contribution in [0.5, 0.6) is 5.75 Å². The highest BCUT2D eigenvalue weighted by atomic mass is 16.5. The highest BCUT2D eigenvalue weighted by Gasteiger charge is 2.05. The van der Waals surface area contributed by atoms with E-state index in [1.165, 1.54) is 0 Å². The number of benzene rings is 2. The van der Waals surface area contributed by atoms with E-state index in [9.17, 15) is 0 Å². The number of hydrogen-bond acceptors (Lipinski definition) is 4. The lowest BCUT2D eigenvalue weighted by Crippen LogP contribution is -1.97. The van der Waals surface area contributed by atoms with Gasteiger partial charge < -0.3 is 15.8 Å². The fourth-order valence-corrected chi connectivity index (χ4v) is 2.26. The number of hydrogen-bond donors (Lipinski definition) is 2. The topological polar surface area (TPSA) is 60.2 Å². The molecule has 0 saturated carbocycles. The van der Waals surface area contributed by atoms with Gasteiger partial charge in [0, 0.05) is 28.9 Å². The SMILES string of the molecule is CCOc1ccc(Nc2ccc3cnccc3c2N)cc1. The van der Waals surface area contributed by atoms with E-state index in [0.717, 1.165) is 33.6 Å². The molecule has 106 valence electrons. The maximum absolute atomic E-state index is 6.23. The molecule has 0 fully saturated rings. The van der Waals surface area contributed by atoms with E-state index in [-0.39, 0.29) is 0 Å². The van der Waals surface area contributed by atoms with Gasteiger partial charge >= 0.3 is 0 Å². The zero-order valence-corrected chi connectivity index (χ0v) is 11.8. The molecule has 21 heavy (non-hydrogen) atoms. The summed E-state index contributed by atoms with van der Waals surface area (Å²) < 4.78 is 5.43. The van der Waals surface area contributed by atoms with Gasteiger partial charge in [-0.2, -0.15) is 0 Å². The van der Waals surface area contributed by atoms with Gasteiger partial charge in [-0.05, 0) is 43.3 Å². The third-order valence-corrected chi connectivity index (χ3v) is 3.31. The largest absolute Gasteiger partial charge is 0.494 e. The summed E-state index contributed by atoms with van der Waals surface area (Å²) in [6.45, 7) is 2.63. The van der Waals surface area contributed by atoms with Gasteiger partial charge in [-0.25, -0.2) is 0 Å². The van der Waals surface area contributed by atoms with Gasteiger partial charge in [0.25, 0.3) is 0 Å². The number of fused-ring (bicyclic) bond motifs is 1. The number of ether oxygens (including phenoxy) is 1. The Hall–Kier alpha value is -2.75. The average molecular weight is 279 g/mol. The predicted molar refractivity (Wildman–Crippen MR) is 87.0 cm³/mol. The van der Waals surface area contributed by atoms with Crippen LogP contribution in [0.4, 0.5) is 17.1 Å². The summed E-state index contributed by atoms with van der Waals surface area (Å²) in [5.74, 6) is 0.862. The number of nitrogens with two attached hydrogens (primary N) is 1. The molecule has 4 nitrogen and oxygen atoms in total. The minimum atomic E-state index is 0.665. The number of aromatic nitrogens is 1. The third kappa shape index (κ3) is 2.74. The van der Waals surface area contributed by atoms with E-state index in [1.807, 2.05) is 55.6 Å². The molecule has 0 aliphatic rings. The first-order chi connectivity index (χ1) is 10.3. The fraction of sp³-hybridized carbons (Fsp3) is 0.118. The Bertz CT molecular complexity index is 754. The Morgan fingerprint density at radius 2 is 1.90 bits per heavy atom.